The number of piperidine rings is 1. The third-order valence-corrected chi connectivity index (χ3v) is 12.7. The van der Waals surface area contributed by atoms with Gasteiger partial charge in [-0.2, -0.15) is 0 Å². The molecule has 4 heterocycles. The SMILES string of the molecule is Cc1ncsc1-c1ccc([C@H](C)NC(=O)[C@@H]2C[C@@H](O)CN2C(=O)[C@@H](NC(=O)CC2CCN(c3ccc(-c4cc(-c5ccccc5O)nnc4N)cc3)CC2)C(C)(C)C)cc1. The quantitative estimate of drug-likeness (QED) is 0.0983. The van der Waals surface area contributed by atoms with Gasteiger partial charge in [-0.25, -0.2) is 4.98 Å². The van der Waals surface area contributed by atoms with Crippen LogP contribution >= 0.6 is 11.3 Å². The number of aliphatic hydroxyl groups excluding tert-OH is 1. The summed E-state index contributed by atoms with van der Waals surface area (Å²) >= 11 is 1.58. The van der Waals surface area contributed by atoms with E-state index in [-0.39, 0.29) is 54.8 Å². The summed E-state index contributed by atoms with van der Waals surface area (Å²) in [5, 5.41) is 35.4. The summed E-state index contributed by atoms with van der Waals surface area (Å²) in [5.74, 6) is -0.366. The number of β-amino-alcohol motifs (C(OH)–C–C–N with tert-alkyl or cyclic N) is 1. The summed E-state index contributed by atoms with van der Waals surface area (Å²) in [6.07, 6.45) is 1.16. The van der Waals surface area contributed by atoms with E-state index >= 15 is 0 Å². The zero-order chi connectivity index (χ0) is 42.7. The Bertz CT molecular complexity index is 2320. The first-order chi connectivity index (χ1) is 28.7. The molecule has 0 saturated carbocycles. The van der Waals surface area contributed by atoms with Gasteiger partial charge in [0.15, 0.2) is 5.82 Å². The Kier molecular flexibility index (Phi) is 12.5. The monoisotopic (exact) mass is 830 g/mol. The predicted octanol–water partition coefficient (Wildman–Crippen LogP) is 6.51. The van der Waals surface area contributed by atoms with E-state index in [0.717, 1.165) is 64.4 Å². The molecule has 2 saturated heterocycles. The molecular formula is C46H54N8O5S. The van der Waals surface area contributed by atoms with Crippen LogP contribution in [-0.4, -0.2) is 85.8 Å². The van der Waals surface area contributed by atoms with Gasteiger partial charge in [0.2, 0.25) is 17.7 Å². The molecule has 0 bridgehead atoms. The van der Waals surface area contributed by atoms with E-state index in [1.807, 2.05) is 101 Å². The number of thiazole rings is 1. The number of nitrogens with two attached hydrogens (primary N) is 1. The third kappa shape index (κ3) is 9.45. The predicted molar refractivity (Wildman–Crippen MR) is 235 cm³/mol. The molecule has 13 nitrogen and oxygen atoms in total. The van der Waals surface area contributed by atoms with Crippen LogP contribution in [0.2, 0.25) is 0 Å². The number of aliphatic hydroxyl groups is 1. The van der Waals surface area contributed by atoms with Gasteiger partial charge >= 0.3 is 0 Å². The highest BCUT2D eigenvalue weighted by Crippen LogP contribution is 2.35. The normalized spacial score (nSPS) is 18.2. The molecule has 2 aliphatic rings. The number of para-hydroxylation sites is 1. The number of phenolic OH excluding ortho intramolecular Hbond substituents is 1. The molecule has 14 heteroatoms. The van der Waals surface area contributed by atoms with Crippen molar-refractivity contribution in [2.75, 3.05) is 30.3 Å². The lowest BCUT2D eigenvalue weighted by Gasteiger charge is -2.36. The number of aromatic hydroxyl groups is 1. The van der Waals surface area contributed by atoms with Gasteiger partial charge in [0.1, 0.15) is 17.8 Å². The topological polar surface area (TPSA) is 187 Å². The Morgan fingerprint density at radius 3 is 2.27 bits per heavy atom. The number of nitrogen functional groups attached to an aromatic ring is 1. The lowest BCUT2D eigenvalue weighted by Crippen LogP contribution is -2.58. The number of aryl methyl sites for hydroxylation is 1. The number of hydrogen-bond donors (Lipinski definition) is 5. The van der Waals surface area contributed by atoms with Crippen molar-refractivity contribution in [1.82, 2.24) is 30.7 Å². The Labute approximate surface area is 355 Å². The summed E-state index contributed by atoms with van der Waals surface area (Å²) < 4.78 is 0. The molecule has 60 heavy (non-hydrogen) atoms. The van der Waals surface area contributed by atoms with Crippen LogP contribution in [0.3, 0.4) is 0 Å². The molecule has 5 aromatic rings. The van der Waals surface area contributed by atoms with Crippen LogP contribution in [0.5, 0.6) is 5.75 Å². The fourth-order valence-corrected chi connectivity index (χ4v) is 9.01. The number of nitrogens with zero attached hydrogens (tertiary/aromatic N) is 5. The third-order valence-electron chi connectivity index (χ3n) is 11.7. The Balaban J connectivity index is 0.932. The summed E-state index contributed by atoms with van der Waals surface area (Å²) in [6, 6.07) is 22.8. The van der Waals surface area contributed by atoms with E-state index in [9.17, 15) is 24.6 Å². The smallest absolute Gasteiger partial charge is 0.246 e. The molecule has 2 aromatic heterocycles. The Hall–Kier alpha value is -5.86. The van der Waals surface area contributed by atoms with Crippen molar-refractivity contribution in [3.63, 3.8) is 0 Å². The van der Waals surface area contributed by atoms with Crippen LogP contribution in [0.1, 0.15) is 70.7 Å². The minimum Gasteiger partial charge on any atom is -0.507 e. The van der Waals surface area contributed by atoms with Gasteiger partial charge in [0.05, 0.1) is 33.9 Å². The number of rotatable bonds is 11. The van der Waals surface area contributed by atoms with Crippen molar-refractivity contribution >= 4 is 40.6 Å². The summed E-state index contributed by atoms with van der Waals surface area (Å²) in [5.41, 5.74) is 14.1. The molecule has 0 unspecified atom stereocenters. The second-order valence-electron chi connectivity index (χ2n) is 17.1. The van der Waals surface area contributed by atoms with E-state index in [4.69, 9.17) is 5.73 Å². The summed E-state index contributed by atoms with van der Waals surface area (Å²) in [6.45, 7) is 11.1. The van der Waals surface area contributed by atoms with Crippen LogP contribution < -0.4 is 21.3 Å². The van der Waals surface area contributed by atoms with E-state index in [1.165, 1.54) is 4.90 Å². The van der Waals surface area contributed by atoms with E-state index in [0.29, 0.717) is 17.1 Å². The van der Waals surface area contributed by atoms with Crippen molar-refractivity contribution in [3.05, 3.63) is 95.6 Å². The molecule has 314 valence electrons. The van der Waals surface area contributed by atoms with Gasteiger partial charge < -0.3 is 36.4 Å². The average molecular weight is 831 g/mol. The van der Waals surface area contributed by atoms with Crippen LogP contribution in [0.25, 0.3) is 32.8 Å². The van der Waals surface area contributed by atoms with E-state index in [1.54, 1.807) is 29.5 Å². The molecular weight excluding hydrogens is 777 g/mol. The molecule has 2 fully saturated rings. The number of hydrogen-bond acceptors (Lipinski definition) is 11. The maximum absolute atomic E-state index is 14.2. The van der Waals surface area contributed by atoms with Crippen LogP contribution in [0.4, 0.5) is 11.5 Å². The second-order valence-corrected chi connectivity index (χ2v) is 18.0. The molecule has 0 radical (unpaired) electrons. The van der Waals surface area contributed by atoms with Crippen molar-refractivity contribution in [1.29, 1.82) is 0 Å². The zero-order valence-corrected chi connectivity index (χ0v) is 35.6. The molecule has 3 amide bonds. The maximum Gasteiger partial charge on any atom is 0.246 e. The maximum atomic E-state index is 14.2. The highest BCUT2D eigenvalue weighted by Gasteiger charge is 2.45. The molecule has 2 aliphatic heterocycles. The van der Waals surface area contributed by atoms with Crippen LogP contribution in [-0.2, 0) is 14.4 Å². The molecule has 7 rings (SSSR count). The van der Waals surface area contributed by atoms with Gasteiger partial charge in [-0.05, 0) is 85.0 Å². The summed E-state index contributed by atoms with van der Waals surface area (Å²) in [7, 11) is 0. The highest BCUT2D eigenvalue weighted by atomic mass is 32.1. The number of amides is 3. The molecule has 6 N–H and O–H groups in total. The Morgan fingerprint density at radius 2 is 1.62 bits per heavy atom. The van der Waals surface area contributed by atoms with Gasteiger partial charge in [-0.15, -0.1) is 21.5 Å². The number of anilines is 2. The molecule has 0 spiro atoms. The Morgan fingerprint density at radius 1 is 0.933 bits per heavy atom. The number of benzene rings is 3. The van der Waals surface area contributed by atoms with Crippen molar-refractivity contribution in [3.8, 4) is 38.6 Å². The lowest BCUT2D eigenvalue weighted by molar-refractivity contribution is -0.144. The first-order valence-electron chi connectivity index (χ1n) is 20.5. The number of carbonyl (C=O) groups excluding carboxylic acids is 3. The zero-order valence-electron chi connectivity index (χ0n) is 34.8. The number of carbonyl (C=O) groups is 3. The number of likely N-dealkylation sites (tertiary alicyclic amines) is 1. The fraction of sp³-hybridized carbons (Fsp3) is 0.391. The standard InChI is InChI=1S/C46H54N8O5S/c1-27(30-10-12-32(13-11-30)41-28(2)48-26-60-41)49-44(58)38-23-34(55)25-54(38)45(59)42(46(3,4)5)50-40(57)22-29-18-20-53(21-19-29)33-16-14-31(15-17-33)36-24-37(51-52-43(36)47)35-8-6-7-9-39(35)56/h6-17,24,26-27,29,34,38,42,55-56H,18-23,25H2,1-5H3,(H2,47,52)(H,49,58)(H,50,57)/t27-,34+,38-,42+/m0/s1. The second kappa shape index (κ2) is 17.8. The molecule has 0 aliphatic carbocycles. The van der Waals surface area contributed by atoms with Crippen LogP contribution in [0.15, 0.2) is 84.4 Å². The van der Waals surface area contributed by atoms with Gasteiger partial charge in [0.25, 0.3) is 0 Å². The average Bonchev–Trinajstić information content (AvgIpc) is 3.85. The number of phenols is 1. The van der Waals surface area contributed by atoms with E-state index in [2.05, 4.69) is 30.7 Å². The minimum atomic E-state index is -0.886. The molecule has 4 atom stereocenters. The van der Waals surface area contributed by atoms with Crippen LogP contribution in [0, 0.1) is 18.3 Å². The van der Waals surface area contributed by atoms with Gasteiger partial charge in [-0.1, -0.05) is 69.3 Å². The largest absolute Gasteiger partial charge is 0.507 e. The number of aromatic nitrogens is 3. The highest BCUT2D eigenvalue weighted by molar-refractivity contribution is 7.13. The first-order valence-corrected chi connectivity index (χ1v) is 21.4. The fourth-order valence-electron chi connectivity index (χ4n) is 8.20. The molecule has 3 aromatic carbocycles. The van der Waals surface area contributed by atoms with Crippen molar-refractivity contribution in [2.24, 2.45) is 11.3 Å². The van der Waals surface area contributed by atoms with Gasteiger partial charge in [0, 0.05) is 49.3 Å². The number of nitrogens with one attached hydrogen (secondary N) is 2. The van der Waals surface area contributed by atoms with Crippen molar-refractivity contribution < 1.29 is 24.6 Å². The lowest BCUT2D eigenvalue weighted by atomic mass is 9.85. The van der Waals surface area contributed by atoms with Crippen molar-refractivity contribution in [2.45, 2.75) is 84.5 Å². The van der Waals surface area contributed by atoms with E-state index < -0.39 is 23.6 Å². The first kappa shape index (κ1) is 42.3. The summed E-state index contributed by atoms with van der Waals surface area (Å²) in [4.78, 5) is 50.7. The van der Waals surface area contributed by atoms with Gasteiger partial charge in [-0.3, -0.25) is 14.4 Å². The minimum absolute atomic E-state index is 0.0161.